The van der Waals surface area contributed by atoms with E-state index in [4.69, 9.17) is 15.3 Å². The first-order valence-corrected chi connectivity index (χ1v) is 23.1. The number of hydrogen-bond acceptors (Lipinski definition) is 18. The van der Waals surface area contributed by atoms with Crippen LogP contribution < -0.4 is 0 Å². The van der Waals surface area contributed by atoms with Crippen LogP contribution in [0.2, 0.25) is 0 Å². The van der Waals surface area contributed by atoms with Crippen LogP contribution in [0.4, 0.5) is 0 Å². The molecule has 0 spiro atoms. The van der Waals surface area contributed by atoms with Crippen molar-refractivity contribution in [3.8, 4) is 0 Å². The van der Waals surface area contributed by atoms with Gasteiger partial charge in [0.2, 0.25) is 0 Å². The molecule has 0 atom stereocenters. The van der Waals surface area contributed by atoms with Crippen molar-refractivity contribution in [2.45, 2.75) is 60.8 Å². The van der Waals surface area contributed by atoms with Crippen LogP contribution in [0, 0.1) is 40.0 Å². The Balaban J connectivity index is -0.000000800. The van der Waals surface area contributed by atoms with Gasteiger partial charge in [0.1, 0.15) is 17.1 Å². The first kappa shape index (κ1) is 73.2. The molecule has 0 aliphatic carbocycles. The van der Waals surface area contributed by atoms with Crippen LogP contribution >= 0.6 is 0 Å². The molecule has 24 heteroatoms. The van der Waals surface area contributed by atoms with Crippen LogP contribution in [0.1, 0.15) is 92.3 Å². The molecule has 0 bridgehead atoms. The number of hydrazine groups is 3. The zero-order chi connectivity index (χ0) is 53.8. The van der Waals surface area contributed by atoms with Crippen molar-refractivity contribution in [3.05, 3.63) is 205 Å². The predicted molar refractivity (Wildman–Crippen MR) is 280 cm³/mol. The zero-order valence-electron chi connectivity index (χ0n) is 44.7. The minimum Gasteiger partial charge on any atom is -0.509 e. The second kappa shape index (κ2) is 43.2. The number of hydrogen-bond donors (Lipinski definition) is 3. The van der Waals surface area contributed by atoms with Crippen molar-refractivity contribution in [2.75, 3.05) is 42.3 Å². The van der Waals surface area contributed by atoms with Crippen molar-refractivity contribution in [1.82, 2.24) is 74.4 Å². The van der Waals surface area contributed by atoms with Gasteiger partial charge in [-0.15, -0.1) is 40.0 Å². The van der Waals surface area contributed by atoms with E-state index >= 15 is 0 Å². The van der Waals surface area contributed by atoms with Crippen LogP contribution in [-0.4, -0.2) is 150 Å². The Labute approximate surface area is 489 Å². The number of nitrogens with zero attached hydrogens (tertiary/aromatic N) is 15. The molecule has 0 radical (unpaired) electrons. The Morgan fingerprint density at radius 3 is 0.587 bits per heavy atom. The number of carbonyl (C=O) groups is 3. The molecule has 21 nitrogen and oxygen atoms in total. The molecule has 0 amide bonds. The molecular weight excluding hydrogens is 1500 g/mol. The maximum Gasteiger partial charge on any atom is 2.00 e. The molecule has 0 saturated carbocycles. The standard InChI is InChI=1S/3C8H12N4.3C6H5NO2.3C3H8.3Pt/c3*1-9-3-5-11(7-9)12-6-4-10(2)8-12;3*8-6(9)5-3-1-2-4-7-5;3*1-3-2;;;/h3*3-8H,1-2H3;3*1-4H,(H,8,9);3*3H2,1-2H3;;;/q3*-2;;;;;;;3*+2. The monoisotopic (exact) mass is 1580 g/mol. The van der Waals surface area contributed by atoms with Crippen molar-refractivity contribution < 1.29 is 92.9 Å². The summed E-state index contributed by atoms with van der Waals surface area (Å²) in [6.07, 6.45) is 32.1. The van der Waals surface area contributed by atoms with Gasteiger partial charge in [-0.05, 0) is 116 Å². The van der Waals surface area contributed by atoms with Gasteiger partial charge in [0.15, 0.2) is 0 Å². The smallest absolute Gasteiger partial charge is 0.509 e. The molecule has 0 fully saturated rings. The molecule has 0 saturated heterocycles. The van der Waals surface area contributed by atoms with E-state index in [1.54, 1.807) is 36.4 Å². The normalized spacial score (nSPS) is 14.4. The van der Waals surface area contributed by atoms with E-state index in [0.29, 0.717) is 0 Å². The first-order valence-electron chi connectivity index (χ1n) is 23.1. The van der Waals surface area contributed by atoms with Gasteiger partial charge < -0.3 is 74.8 Å². The molecule has 3 aromatic rings. The molecular formula is C51H75N15O6Pt3. The van der Waals surface area contributed by atoms with E-state index in [1.165, 1.54) is 56.1 Å². The summed E-state index contributed by atoms with van der Waals surface area (Å²) in [5.74, 6) is -2.97. The van der Waals surface area contributed by atoms with Gasteiger partial charge in [-0.25, -0.2) is 29.3 Å². The number of carboxylic acid groups (broad SMARTS) is 3. The third kappa shape index (κ3) is 32.1. The molecule has 0 unspecified atom stereocenters. The first-order chi connectivity index (χ1) is 34.4. The van der Waals surface area contributed by atoms with Gasteiger partial charge in [-0.2, -0.15) is 0 Å². The van der Waals surface area contributed by atoms with Gasteiger partial charge in [0.25, 0.3) is 0 Å². The SMILES string of the molecule is CCC.CCC.CCC.CN1C=CN(N2C=CN(C)[CH-]2)[CH-]1.CN1C=CN(N2C=CN(C)[CH-]2)[CH-]1.CN1C=CN(N2C=CN(C)[CH-]2)[CH-]1.O=C(O)c1ccccn1.O=C(O)c1ccccn1.O=C(O)c1ccccn1.[Pt+2].[Pt+2].[Pt+2]. The van der Waals surface area contributed by atoms with Gasteiger partial charge in [0, 0.05) is 55.8 Å². The maximum absolute atomic E-state index is 10.1. The fourth-order valence-electron chi connectivity index (χ4n) is 4.91. The number of rotatable bonds is 6. The molecule has 420 valence electrons. The topological polar surface area (TPSA) is 189 Å². The van der Waals surface area contributed by atoms with Gasteiger partial charge in [-0.1, -0.05) is 79.0 Å². The van der Waals surface area contributed by atoms with E-state index in [0.717, 1.165) is 0 Å². The van der Waals surface area contributed by atoms with Crippen molar-refractivity contribution in [2.24, 2.45) is 0 Å². The Hall–Kier alpha value is -6.04. The van der Waals surface area contributed by atoms with Crippen LogP contribution in [0.5, 0.6) is 0 Å². The van der Waals surface area contributed by atoms with E-state index in [1.807, 2.05) is 216 Å². The number of carboxylic acids is 3. The minimum atomic E-state index is -0.990. The average Bonchev–Trinajstić information content (AvgIpc) is 4.25. The summed E-state index contributed by atoms with van der Waals surface area (Å²) >= 11 is 0. The summed E-state index contributed by atoms with van der Waals surface area (Å²) in [4.78, 5) is 53.2. The predicted octanol–water partition coefficient (Wildman–Crippen LogP) is 8.31. The number of aromatic carboxylic acids is 3. The van der Waals surface area contributed by atoms with Crippen LogP contribution in [0.15, 0.2) is 148 Å². The van der Waals surface area contributed by atoms with Crippen LogP contribution in [0.3, 0.4) is 0 Å². The summed E-state index contributed by atoms with van der Waals surface area (Å²) in [6.45, 7) is 24.8. The molecule has 0 aromatic carbocycles. The van der Waals surface area contributed by atoms with E-state index in [9.17, 15) is 14.4 Å². The van der Waals surface area contributed by atoms with Crippen molar-refractivity contribution in [3.63, 3.8) is 0 Å². The van der Waals surface area contributed by atoms with Gasteiger partial charge in [0.05, 0.1) is 0 Å². The summed E-state index contributed by atoms with van der Waals surface area (Å²) < 4.78 is 0. The minimum absolute atomic E-state index is 0. The fourth-order valence-corrected chi connectivity index (χ4v) is 4.91. The van der Waals surface area contributed by atoms with Crippen molar-refractivity contribution in [1.29, 1.82) is 0 Å². The zero-order valence-corrected chi connectivity index (χ0v) is 51.5. The molecule has 6 aliphatic rings. The molecule has 3 N–H and O–H groups in total. The molecule has 9 heterocycles. The molecule has 6 aliphatic heterocycles. The van der Waals surface area contributed by atoms with E-state index in [-0.39, 0.29) is 80.3 Å². The van der Waals surface area contributed by atoms with Crippen LogP contribution in [-0.2, 0) is 63.2 Å². The Bertz CT molecular complexity index is 1820. The Morgan fingerprint density at radius 2 is 0.507 bits per heavy atom. The second-order valence-electron chi connectivity index (χ2n) is 15.4. The summed E-state index contributed by atoms with van der Waals surface area (Å²) in [7, 11) is 12.0. The fraction of sp³-hybridized carbons (Fsp3) is 0.294. The van der Waals surface area contributed by atoms with E-state index < -0.39 is 17.9 Å². The second-order valence-corrected chi connectivity index (χ2v) is 15.4. The maximum atomic E-state index is 10.1. The number of pyridine rings is 3. The largest absolute Gasteiger partial charge is 2.00 e. The third-order valence-electron chi connectivity index (χ3n) is 7.98. The molecule has 9 rings (SSSR count). The Morgan fingerprint density at radius 1 is 0.347 bits per heavy atom. The van der Waals surface area contributed by atoms with Gasteiger partial charge in [-0.3, -0.25) is 0 Å². The summed E-state index contributed by atoms with van der Waals surface area (Å²) in [6, 6.07) is 14.3. The average molecular weight is 1580 g/mol. The van der Waals surface area contributed by atoms with Crippen LogP contribution in [0.25, 0.3) is 0 Å². The molecule has 75 heavy (non-hydrogen) atoms. The summed E-state index contributed by atoms with van der Waals surface area (Å²) in [5, 5.41) is 37.0. The number of aromatic nitrogens is 3. The van der Waals surface area contributed by atoms with E-state index in [2.05, 4.69) is 56.5 Å². The quantitative estimate of drug-likeness (QED) is 0.200. The third-order valence-corrected chi connectivity index (χ3v) is 7.98. The molecule has 3 aromatic heterocycles. The van der Waals surface area contributed by atoms with Crippen molar-refractivity contribution >= 4 is 17.9 Å². The van der Waals surface area contributed by atoms with Gasteiger partial charge >= 0.3 is 81.1 Å². The Kier molecular flexibility index (Phi) is 42.2. The summed E-state index contributed by atoms with van der Waals surface area (Å²) in [5.41, 5.74) is 0.243.